The third kappa shape index (κ3) is 4.07. The van der Waals surface area contributed by atoms with Gasteiger partial charge < -0.3 is 4.74 Å². The summed E-state index contributed by atoms with van der Waals surface area (Å²) in [5.41, 5.74) is 1.18. The smallest absolute Gasteiger partial charge is 0.343 e. The predicted molar refractivity (Wildman–Crippen MR) is 86.5 cm³/mol. The molecule has 106 valence electrons. The van der Waals surface area contributed by atoms with Crippen molar-refractivity contribution in [2.75, 3.05) is 0 Å². The van der Waals surface area contributed by atoms with Gasteiger partial charge in [0.15, 0.2) is 0 Å². The van der Waals surface area contributed by atoms with Crippen LogP contribution in [0.4, 0.5) is 0 Å². The summed E-state index contributed by atoms with van der Waals surface area (Å²) in [6.45, 7) is 1.90. The van der Waals surface area contributed by atoms with E-state index >= 15 is 0 Å². The Morgan fingerprint density at radius 1 is 1.05 bits per heavy atom. The molecule has 21 heavy (non-hydrogen) atoms. The van der Waals surface area contributed by atoms with E-state index in [0.29, 0.717) is 21.9 Å². The van der Waals surface area contributed by atoms with Gasteiger partial charge in [-0.3, -0.25) is 0 Å². The largest absolute Gasteiger partial charge is 0.422 e. The van der Waals surface area contributed by atoms with Gasteiger partial charge in [-0.15, -0.1) is 0 Å². The molecule has 0 amide bonds. The van der Waals surface area contributed by atoms with Crippen molar-refractivity contribution in [3.63, 3.8) is 0 Å². The molecular formula is C18H15ClO2. The van der Waals surface area contributed by atoms with Crippen molar-refractivity contribution in [1.29, 1.82) is 0 Å². The van der Waals surface area contributed by atoms with E-state index in [1.807, 2.05) is 37.3 Å². The number of benzene rings is 2. The molecule has 0 aliphatic heterocycles. The lowest BCUT2D eigenvalue weighted by molar-refractivity contribution is 0.0734. The Bertz CT molecular complexity index is 673. The molecule has 2 rings (SSSR count). The molecule has 0 fully saturated rings. The maximum atomic E-state index is 12.1. The molecule has 0 aromatic heterocycles. The molecule has 0 N–H and O–H groups in total. The number of rotatable bonds is 4. The van der Waals surface area contributed by atoms with Crippen LogP contribution >= 0.6 is 11.6 Å². The highest BCUT2D eigenvalue weighted by atomic mass is 35.5. The number of para-hydroxylation sites is 1. The second-order valence-electron chi connectivity index (χ2n) is 4.29. The number of hydrogen-bond donors (Lipinski definition) is 0. The Morgan fingerprint density at radius 3 is 2.43 bits per heavy atom. The minimum Gasteiger partial charge on any atom is -0.422 e. The van der Waals surface area contributed by atoms with Crippen LogP contribution in [0.25, 0.3) is 5.03 Å². The van der Waals surface area contributed by atoms with E-state index in [9.17, 15) is 4.79 Å². The highest BCUT2D eigenvalue weighted by molar-refractivity contribution is 6.49. The van der Waals surface area contributed by atoms with E-state index in [1.165, 1.54) is 0 Å². The van der Waals surface area contributed by atoms with E-state index < -0.39 is 5.97 Å². The molecule has 0 saturated carbocycles. The minimum absolute atomic E-state index is 0.404. The molecule has 0 unspecified atom stereocenters. The average Bonchev–Trinajstić information content (AvgIpc) is 2.54. The lowest BCUT2D eigenvalue weighted by Gasteiger charge is -2.09. The van der Waals surface area contributed by atoms with Crippen LogP contribution in [0.5, 0.6) is 5.75 Å². The van der Waals surface area contributed by atoms with Gasteiger partial charge in [0.25, 0.3) is 0 Å². The average molecular weight is 299 g/mol. The molecule has 0 saturated heterocycles. The van der Waals surface area contributed by atoms with Crippen molar-refractivity contribution in [2.24, 2.45) is 0 Å². The van der Waals surface area contributed by atoms with Crippen LogP contribution in [0.3, 0.4) is 0 Å². The zero-order valence-corrected chi connectivity index (χ0v) is 12.4. The first-order valence-electron chi connectivity index (χ1n) is 6.57. The normalized spacial score (nSPS) is 11.6. The summed E-state index contributed by atoms with van der Waals surface area (Å²) in [7, 11) is 0. The monoisotopic (exact) mass is 298 g/mol. The maximum Gasteiger partial charge on any atom is 0.343 e. The lowest BCUT2D eigenvalue weighted by atomic mass is 10.1. The first-order valence-corrected chi connectivity index (χ1v) is 6.95. The van der Waals surface area contributed by atoms with Gasteiger partial charge in [0.1, 0.15) is 5.75 Å². The summed E-state index contributed by atoms with van der Waals surface area (Å²) in [6, 6.07) is 16.0. The summed E-state index contributed by atoms with van der Waals surface area (Å²) in [5.74, 6) is 0.0376. The molecule has 0 heterocycles. The highest BCUT2D eigenvalue weighted by Gasteiger charge is 2.12. The van der Waals surface area contributed by atoms with Gasteiger partial charge in [-0.25, -0.2) is 4.79 Å². The highest BCUT2D eigenvalue weighted by Crippen LogP contribution is 2.29. The predicted octanol–water partition coefficient (Wildman–Crippen LogP) is 5.06. The number of ether oxygens (including phenoxy) is 1. The quantitative estimate of drug-likeness (QED) is 0.448. The molecule has 0 atom stereocenters. The van der Waals surface area contributed by atoms with E-state index in [4.69, 9.17) is 16.3 Å². The standard InChI is InChI=1S/C18H15ClO2/c1-2-3-12-16(19)15-11-7-8-13-17(15)21-18(20)14-9-5-4-6-10-14/h2-13H,1H3/b3-2+,16-12-. The molecule has 0 spiro atoms. The van der Waals surface area contributed by atoms with Crippen LogP contribution in [0, 0.1) is 0 Å². The molecule has 0 bridgehead atoms. The molecule has 0 radical (unpaired) electrons. The number of halogens is 1. The number of hydrogen-bond acceptors (Lipinski definition) is 2. The van der Waals surface area contributed by atoms with Crippen LogP contribution in [-0.4, -0.2) is 5.97 Å². The maximum absolute atomic E-state index is 12.1. The zero-order valence-electron chi connectivity index (χ0n) is 11.6. The lowest BCUT2D eigenvalue weighted by Crippen LogP contribution is -2.09. The molecular weight excluding hydrogens is 284 g/mol. The number of allylic oxidation sites excluding steroid dienone is 3. The zero-order chi connectivity index (χ0) is 15.1. The van der Waals surface area contributed by atoms with Gasteiger partial charge in [0.2, 0.25) is 0 Å². The molecule has 3 heteroatoms. The Labute approximate surface area is 129 Å². The summed E-state index contributed by atoms with van der Waals surface area (Å²) in [4.78, 5) is 12.1. The Morgan fingerprint density at radius 2 is 1.71 bits per heavy atom. The Kier molecular flexibility index (Phi) is 5.35. The molecule has 2 nitrogen and oxygen atoms in total. The summed E-state index contributed by atoms with van der Waals surface area (Å²) >= 11 is 6.24. The Hall–Kier alpha value is -2.32. The van der Waals surface area contributed by atoms with Gasteiger partial charge in [-0.05, 0) is 37.3 Å². The fourth-order valence-electron chi connectivity index (χ4n) is 1.76. The third-order valence-electron chi connectivity index (χ3n) is 2.79. The van der Waals surface area contributed by atoms with E-state index in [-0.39, 0.29) is 0 Å². The number of esters is 1. The number of carbonyl (C=O) groups excluding carboxylic acids is 1. The second kappa shape index (κ2) is 7.46. The summed E-state index contributed by atoms with van der Waals surface area (Å²) in [6.07, 6.45) is 5.47. The van der Waals surface area contributed by atoms with Crippen molar-refractivity contribution < 1.29 is 9.53 Å². The minimum atomic E-state index is -0.404. The fourth-order valence-corrected chi connectivity index (χ4v) is 1.99. The van der Waals surface area contributed by atoms with Crippen molar-refractivity contribution in [1.82, 2.24) is 0 Å². The van der Waals surface area contributed by atoms with E-state index in [2.05, 4.69) is 0 Å². The van der Waals surface area contributed by atoms with Crippen molar-refractivity contribution in [3.8, 4) is 5.75 Å². The van der Waals surface area contributed by atoms with Gasteiger partial charge in [-0.1, -0.05) is 54.1 Å². The SMILES string of the molecule is C/C=C/C=C(\Cl)c1ccccc1OC(=O)c1ccccc1. The van der Waals surface area contributed by atoms with Crippen LogP contribution in [0.1, 0.15) is 22.8 Å². The first kappa shape index (κ1) is 15.1. The van der Waals surface area contributed by atoms with Gasteiger partial charge in [-0.2, -0.15) is 0 Å². The molecule has 2 aromatic rings. The van der Waals surface area contributed by atoms with Crippen LogP contribution in [0.2, 0.25) is 0 Å². The summed E-state index contributed by atoms with van der Waals surface area (Å²) in [5, 5.41) is 0.518. The number of carbonyl (C=O) groups is 1. The topological polar surface area (TPSA) is 26.3 Å². The van der Waals surface area contributed by atoms with Crippen LogP contribution < -0.4 is 4.74 Å². The molecule has 0 aliphatic carbocycles. The van der Waals surface area contributed by atoms with Crippen molar-refractivity contribution >= 4 is 22.6 Å². The van der Waals surface area contributed by atoms with Gasteiger partial charge >= 0.3 is 5.97 Å². The molecule has 2 aromatic carbocycles. The van der Waals surface area contributed by atoms with Gasteiger partial charge in [0, 0.05) is 5.56 Å². The third-order valence-corrected chi connectivity index (χ3v) is 3.12. The van der Waals surface area contributed by atoms with Gasteiger partial charge in [0.05, 0.1) is 10.6 Å². The van der Waals surface area contributed by atoms with Crippen LogP contribution in [0.15, 0.2) is 72.8 Å². The summed E-state index contributed by atoms with van der Waals surface area (Å²) < 4.78 is 5.44. The van der Waals surface area contributed by atoms with Crippen molar-refractivity contribution in [2.45, 2.75) is 6.92 Å². The van der Waals surface area contributed by atoms with E-state index in [1.54, 1.807) is 42.5 Å². The fraction of sp³-hybridized carbons (Fsp3) is 0.0556. The Balaban J connectivity index is 2.27. The van der Waals surface area contributed by atoms with E-state index in [0.717, 1.165) is 0 Å². The van der Waals surface area contributed by atoms with Crippen molar-refractivity contribution in [3.05, 3.63) is 84.0 Å². The second-order valence-corrected chi connectivity index (χ2v) is 4.70. The van der Waals surface area contributed by atoms with Crippen LogP contribution in [-0.2, 0) is 0 Å². The molecule has 0 aliphatic rings. The first-order chi connectivity index (χ1) is 10.2.